The van der Waals surface area contributed by atoms with Gasteiger partial charge in [-0.2, -0.15) is 13.2 Å². The molecule has 2 amide bonds. The van der Waals surface area contributed by atoms with Gasteiger partial charge in [-0.25, -0.2) is 9.78 Å². The molecule has 2 aromatic rings. The number of imidazole rings is 1. The van der Waals surface area contributed by atoms with Gasteiger partial charge in [0, 0.05) is 32.5 Å². The summed E-state index contributed by atoms with van der Waals surface area (Å²) in [6.45, 7) is 3.27. The van der Waals surface area contributed by atoms with Gasteiger partial charge in [-0.05, 0) is 38.0 Å². The van der Waals surface area contributed by atoms with Crippen LogP contribution in [0.3, 0.4) is 0 Å². The highest BCUT2D eigenvalue weighted by Crippen LogP contribution is 2.36. The van der Waals surface area contributed by atoms with E-state index in [4.69, 9.17) is 0 Å². The molecule has 1 fully saturated rings. The maximum absolute atomic E-state index is 13.1. The topological polar surface area (TPSA) is 62.2 Å². The molecule has 146 valence electrons. The number of halogens is 3. The van der Waals surface area contributed by atoms with Gasteiger partial charge in [0.2, 0.25) is 0 Å². The number of aromatic nitrogens is 2. The summed E-state index contributed by atoms with van der Waals surface area (Å²) in [6, 6.07) is 2.48. The average Bonchev–Trinajstić information content (AvgIpc) is 3.25. The molecular weight excluding hydrogens is 359 g/mol. The Morgan fingerprint density at radius 1 is 1.26 bits per heavy atom. The Bertz CT molecular complexity index is 812. The van der Waals surface area contributed by atoms with Crippen molar-refractivity contribution in [3.63, 3.8) is 0 Å². The van der Waals surface area contributed by atoms with Gasteiger partial charge in [-0.15, -0.1) is 0 Å². The lowest BCUT2D eigenvalue weighted by atomic mass is 10.1. The maximum atomic E-state index is 13.1. The van der Waals surface area contributed by atoms with Gasteiger partial charge in [-0.1, -0.05) is 0 Å². The molecule has 27 heavy (non-hydrogen) atoms. The van der Waals surface area contributed by atoms with E-state index in [1.165, 1.54) is 6.07 Å². The van der Waals surface area contributed by atoms with E-state index in [1.54, 1.807) is 30.9 Å². The van der Waals surface area contributed by atoms with E-state index in [2.05, 4.69) is 15.6 Å². The molecule has 0 radical (unpaired) electrons. The molecular formula is C18H22F3N5O. The zero-order chi connectivity index (χ0) is 19.6. The second-order valence-electron chi connectivity index (χ2n) is 6.64. The third-order valence-corrected chi connectivity index (χ3v) is 4.61. The van der Waals surface area contributed by atoms with E-state index in [0.717, 1.165) is 38.1 Å². The summed E-state index contributed by atoms with van der Waals surface area (Å²) in [5.41, 5.74) is -0.0468. The first-order valence-corrected chi connectivity index (χ1v) is 8.76. The van der Waals surface area contributed by atoms with Crippen molar-refractivity contribution in [1.82, 2.24) is 14.9 Å². The number of nitrogens with zero attached hydrogens (tertiary/aromatic N) is 3. The molecule has 6 nitrogen and oxygen atoms in total. The van der Waals surface area contributed by atoms with Crippen LogP contribution in [0.5, 0.6) is 0 Å². The van der Waals surface area contributed by atoms with E-state index < -0.39 is 23.8 Å². The molecule has 2 heterocycles. The number of urea groups is 1. The van der Waals surface area contributed by atoms with Crippen LogP contribution in [0.25, 0.3) is 0 Å². The molecule has 1 aromatic carbocycles. The first-order chi connectivity index (χ1) is 12.8. The number of carbonyl (C=O) groups is 1. The van der Waals surface area contributed by atoms with Crippen LogP contribution in [0, 0.1) is 0 Å². The van der Waals surface area contributed by atoms with Gasteiger partial charge in [0.1, 0.15) is 5.82 Å². The highest BCUT2D eigenvalue weighted by Gasteiger charge is 2.32. The van der Waals surface area contributed by atoms with E-state index >= 15 is 0 Å². The number of hydrogen-bond acceptors (Lipinski definition) is 3. The summed E-state index contributed by atoms with van der Waals surface area (Å²) in [4.78, 5) is 18.5. The van der Waals surface area contributed by atoms with Crippen LogP contribution in [-0.2, 0) is 13.2 Å². The van der Waals surface area contributed by atoms with E-state index in [9.17, 15) is 18.0 Å². The number of aryl methyl sites for hydroxylation is 1. The molecule has 2 N–H and O–H groups in total. The van der Waals surface area contributed by atoms with Crippen molar-refractivity contribution in [3.8, 4) is 0 Å². The van der Waals surface area contributed by atoms with Gasteiger partial charge in [0.05, 0.1) is 23.0 Å². The third kappa shape index (κ3) is 4.35. The fraction of sp³-hybridized carbons (Fsp3) is 0.444. The Morgan fingerprint density at radius 3 is 2.56 bits per heavy atom. The van der Waals surface area contributed by atoms with Crippen molar-refractivity contribution < 1.29 is 18.0 Å². The van der Waals surface area contributed by atoms with Crippen molar-refractivity contribution in [2.75, 3.05) is 23.3 Å². The molecule has 1 atom stereocenters. The number of alkyl halides is 3. The summed E-state index contributed by atoms with van der Waals surface area (Å²) in [6.07, 6.45) is 0.843. The molecule has 1 aliphatic rings. The van der Waals surface area contributed by atoms with Crippen molar-refractivity contribution in [2.24, 2.45) is 7.05 Å². The molecule has 1 saturated heterocycles. The van der Waals surface area contributed by atoms with E-state index in [0.29, 0.717) is 11.5 Å². The summed E-state index contributed by atoms with van der Waals surface area (Å²) in [7, 11) is 1.80. The SMILES string of the molecule is CC(NC(=O)Nc1cc(C(F)(F)F)ccc1N1CCCC1)c1nccn1C. The molecule has 1 unspecified atom stereocenters. The lowest BCUT2D eigenvalue weighted by Gasteiger charge is -2.23. The predicted octanol–water partition coefficient (Wildman–Crippen LogP) is 3.92. The Morgan fingerprint density at radius 2 is 1.96 bits per heavy atom. The van der Waals surface area contributed by atoms with Crippen LogP contribution < -0.4 is 15.5 Å². The van der Waals surface area contributed by atoms with Crippen LogP contribution in [-0.4, -0.2) is 28.7 Å². The first kappa shape index (κ1) is 19.1. The minimum absolute atomic E-state index is 0.149. The second-order valence-corrected chi connectivity index (χ2v) is 6.64. The van der Waals surface area contributed by atoms with Gasteiger partial charge in [0.15, 0.2) is 0 Å². The molecule has 9 heteroatoms. The molecule has 1 aromatic heterocycles. The normalized spacial score (nSPS) is 15.7. The van der Waals surface area contributed by atoms with Crippen molar-refractivity contribution in [1.29, 1.82) is 0 Å². The smallest absolute Gasteiger partial charge is 0.370 e. The number of carbonyl (C=O) groups excluding carboxylic acids is 1. The van der Waals surface area contributed by atoms with Crippen molar-refractivity contribution in [2.45, 2.75) is 32.0 Å². The summed E-state index contributed by atoms with van der Waals surface area (Å²) in [5, 5.41) is 5.30. The fourth-order valence-electron chi connectivity index (χ4n) is 3.26. The Kier molecular flexibility index (Phi) is 5.29. The minimum Gasteiger partial charge on any atom is -0.370 e. The lowest BCUT2D eigenvalue weighted by Crippen LogP contribution is -2.33. The van der Waals surface area contributed by atoms with Crippen molar-refractivity contribution >= 4 is 17.4 Å². The molecule has 0 spiro atoms. The average molecular weight is 381 g/mol. The molecule has 1 aliphatic heterocycles. The number of benzene rings is 1. The molecule has 3 rings (SSSR count). The van der Waals surface area contributed by atoms with Gasteiger partial charge >= 0.3 is 12.2 Å². The van der Waals surface area contributed by atoms with Crippen LogP contribution >= 0.6 is 0 Å². The van der Waals surface area contributed by atoms with Crippen molar-refractivity contribution in [3.05, 3.63) is 42.0 Å². The zero-order valence-electron chi connectivity index (χ0n) is 15.2. The Balaban J connectivity index is 1.80. The quantitative estimate of drug-likeness (QED) is 0.844. The summed E-state index contributed by atoms with van der Waals surface area (Å²) >= 11 is 0. The second kappa shape index (κ2) is 7.50. The number of anilines is 2. The van der Waals surface area contributed by atoms with E-state index in [-0.39, 0.29) is 5.69 Å². The number of hydrogen-bond donors (Lipinski definition) is 2. The molecule has 0 saturated carbocycles. The monoisotopic (exact) mass is 381 g/mol. The number of amides is 2. The van der Waals surface area contributed by atoms with Crippen LogP contribution in [0.4, 0.5) is 29.3 Å². The van der Waals surface area contributed by atoms with E-state index in [1.807, 2.05) is 4.90 Å². The highest BCUT2D eigenvalue weighted by molar-refractivity contribution is 5.93. The van der Waals surface area contributed by atoms with Crippen LogP contribution in [0.15, 0.2) is 30.6 Å². The van der Waals surface area contributed by atoms with Gasteiger partial charge < -0.3 is 20.1 Å². The van der Waals surface area contributed by atoms with Crippen LogP contribution in [0.2, 0.25) is 0 Å². The molecule has 0 bridgehead atoms. The van der Waals surface area contributed by atoms with Crippen LogP contribution in [0.1, 0.15) is 37.2 Å². The zero-order valence-corrected chi connectivity index (χ0v) is 15.2. The number of rotatable bonds is 4. The molecule has 0 aliphatic carbocycles. The minimum atomic E-state index is -4.48. The summed E-state index contributed by atoms with van der Waals surface area (Å²) in [5.74, 6) is 0.647. The maximum Gasteiger partial charge on any atom is 0.416 e. The Labute approximate surface area is 155 Å². The third-order valence-electron chi connectivity index (χ3n) is 4.61. The standard InChI is InChI=1S/C18H22F3N5O/c1-12(16-22-7-10-25(16)2)23-17(27)24-14-11-13(18(19,20)21)5-6-15(14)26-8-3-4-9-26/h5-7,10-12H,3-4,8-9H2,1-2H3,(H2,23,24,27). The summed E-state index contributed by atoms with van der Waals surface area (Å²) < 4.78 is 41.1. The largest absolute Gasteiger partial charge is 0.416 e. The first-order valence-electron chi connectivity index (χ1n) is 8.76. The van der Waals surface area contributed by atoms with Gasteiger partial charge in [0.25, 0.3) is 0 Å². The van der Waals surface area contributed by atoms with Gasteiger partial charge in [-0.3, -0.25) is 0 Å². The predicted molar refractivity (Wildman–Crippen MR) is 96.7 cm³/mol. The fourth-order valence-corrected chi connectivity index (χ4v) is 3.26. The number of nitrogens with one attached hydrogen (secondary N) is 2. The lowest BCUT2D eigenvalue weighted by molar-refractivity contribution is -0.137. The highest BCUT2D eigenvalue weighted by atomic mass is 19.4. The Hall–Kier alpha value is -2.71.